The SMILES string of the molecule is COc1ccc(CN2CCOc3ccc(C(=O)CO)cc32)cc1S(C)(=O)=O. The maximum Gasteiger partial charge on any atom is 0.188 e. The molecule has 0 radical (unpaired) electrons. The predicted octanol–water partition coefficient (Wildman–Crippen LogP) is 1.67. The molecule has 3 rings (SSSR count). The van der Waals surface area contributed by atoms with Crippen molar-refractivity contribution in [3.05, 3.63) is 47.5 Å². The molecule has 2 aromatic rings. The van der Waals surface area contributed by atoms with Gasteiger partial charge in [0, 0.05) is 18.4 Å². The quantitative estimate of drug-likeness (QED) is 0.749. The van der Waals surface area contributed by atoms with Crippen molar-refractivity contribution in [1.82, 2.24) is 0 Å². The Balaban J connectivity index is 1.95. The molecule has 0 fully saturated rings. The number of hydrogen-bond acceptors (Lipinski definition) is 7. The summed E-state index contributed by atoms with van der Waals surface area (Å²) in [4.78, 5) is 14.0. The van der Waals surface area contributed by atoms with E-state index in [1.165, 1.54) is 7.11 Å². The summed E-state index contributed by atoms with van der Waals surface area (Å²) in [5.74, 6) is 0.583. The molecule has 0 unspecified atom stereocenters. The van der Waals surface area contributed by atoms with Gasteiger partial charge in [0.2, 0.25) is 0 Å². The molecule has 27 heavy (non-hydrogen) atoms. The van der Waals surface area contributed by atoms with E-state index in [2.05, 4.69) is 0 Å². The highest BCUT2D eigenvalue weighted by molar-refractivity contribution is 7.90. The lowest BCUT2D eigenvalue weighted by Gasteiger charge is -2.31. The largest absolute Gasteiger partial charge is 0.495 e. The Morgan fingerprint density at radius 1 is 1.26 bits per heavy atom. The number of rotatable bonds is 6. The second-order valence-corrected chi connectivity index (χ2v) is 8.28. The second kappa shape index (κ2) is 7.58. The Morgan fingerprint density at radius 3 is 2.70 bits per heavy atom. The Hall–Kier alpha value is -2.58. The minimum Gasteiger partial charge on any atom is -0.495 e. The number of sulfone groups is 1. The molecule has 1 aliphatic heterocycles. The van der Waals surface area contributed by atoms with Gasteiger partial charge in [-0.25, -0.2) is 8.42 Å². The number of nitrogens with zero attached hydrogens (tertiary/aromatic N) is 1. The third kappa shape index (κ3) is 4.06. The molecule has 0 amide bonds. The van der Waals surface area contributed by atoms with Crippen LogP contribution in [-0.2, 0) is 16.4 Å². The van der Waals surface area contributed by atoms with Gasteiger partial charge in [0.1, 0.15) is 29.6 Å². The van der Waals surface area contributed by atoms with Crippen LogP contribution in [0.4, 0.5) is 5.69 Å². The summed E-state index contributed by atoms with van der Waals surface area (Å²) in [5, 5.41) is 9.09. The van der Waals surface area contributed by atoms with Crippen molar-refractivity contribution < 1.29 is 27.8 Å². The Morgan fingerprint density at radius 2 is 2.04 bits per heavy atom. The third-order valence-electron chi connectivity index (χ3n) is 4.38. The van der Waals surface area contributed by atoms with Crippen LogP contribution >= 0.6 is 0 Å². The molecule has 1 N–H and O–H groups in total. The normalized spacial score (nSPS) is 13.7. The number of hydrogen-bond donors (Lipinski definition) is 1. The summed E-state index contributed by atoms with van der Waals surface area (Å²) >= 11 is 0. The van der Waals surface area contributed by atoms with Crippen molar-refractivity contribution in [2.45, 2.75) is 11.4 Å². The monoisotopic (exact) mass is 391 g/mol. The predicted molar refractivity (Wildman–Crippen MR) is 101 cm³/mol. The van der Waals surface area contributed by atoms with E-state index in [1.807, 2.05) is 11.0 Å². The molecule has 8 heteroatoms. The minimum atomic E-state index is -3.43. The molecule has 144 valence electrons. The molecule has 1 heterocycles. The molecule has 0 bridgehead atoms. The number of aliphatic hydroxyl groups excluding tert-OH is 1. The Bertz CT molecular complexity index is 970. The van der Waals surface area contributed by atoms with Gasteiger partial charge in [-0.05, 0) is 35.9 Å². The summed E-state index contributed by atoms with van der Waals surface area (Å²) in [6.45, 7) is 0.953. The van der Waals surface area contributed by atoms with Gasteiger partial charge in [-0.1, -0.05) is 6.07 Å². The van der Waals surface area contributed by atoms with E-state index in [0.29, 0.717) is 36.8 Å². The number of methoxy groups -OCH3 is 1. The fraction of sp³-hybridized carbons (Fsp3) is 0.316. The van der Waals surface area contributed by atoms with Gasteiger partial charge in [0.25, 0.3) is 0 Å². The summed E-state index contributed by atoms with van der Waals surface area (Å²) in [5.41, 5.74) is 1.93. The number of ether oxygens (including phenoxy) is 2. The van der Waals surface area contributed by atoms with Crippen molar-refractivity contribution in [1.29, 1.82) is 0 Å². The number of aliphatic hydroxyl groups is 1. The minimum absolute atomic E-state index is 0.139. The molecule has 0 spiro atoms. The number of ketones is 1. The van der Waals surface area contributed by atoms with Crippen LogP contribution in [0.2, 0.25) is 0 Å². The maximum atomic E-state index is 12.0. The summed E-state index contributed by atoms with van der Waals surface area (Å²) in [7, 11) is -2.00. The molecule has 7 nitrogen and oxygen atoms in total. The summed E-state index contributed by atoms with van der Waals surface area (Å²) in [6, 6.07) is 10.1. The number of Topliss-reactive ketones (excluding diaryl/α,β-unsaturated/α-hetero) is 1. The average Bonchev–Trinajstić information content (AvgIpc) is 2.66. The van der Waals surface area contributed by atoms with Gasteiger partial charge in [-0.2, -0.15) is 0 Å². The van der Waals surface area contributed by atoms with E-state index in [1.54, 1.807) is 30.3 Å². The first-order valence-corrected chi connectivity index (χ1v) is 10.3. The lowest BCUT2D eigenvalue weighted by atomic mass is 10.1. The van der Waals surface area contributed by atoms with Gasteiger partial charge in [-0.3, -0.25) is 4.79 Å². The van der Waals surface area contributed by atoms with Crippen LogP contribution in [0.3, 0.4) is 0 Å². The molecule has 2 aromatic carbocycles. The molecule has 0 aromatic heterocycles. The van der Waals surface area contributed by atoms with Gasteiger partial charge in [0.15, 0.2) is 15.6 Å². The van der Waals surface area contributed by atoms with E-state index < -0.39 is 16.4 Å². The first-order chi connectivity index (χ1) is 12.8. The second-order valence-electron chi connectivity index (χ2n) is 6.29. The number of fused-ring (bicyclic) bond motifs is 1. The molecule has 1 aliphatic rings. The van der Waals surface area contributed by atoms with Gasteiger partial charge < -0.3 is 19.5 Å². The van der Waals surface area contributed by atoms with Crippen LogP contribution in [0, 0.1) is 0 Å². The Kier molecular flexibility index (Phi) is 5.38. The zero-order valence-corrected chi connectivity index (χ0v) is 16.0. The van der Waals surface area contributed by atoms with Crippen LogP contribution < -0.4 is 14.4 Å². The lowest BCUT2D eigenvalue weighted by Crippen LogP contribution is -2.32. The highest BCUT2D eigenvalue weighted by atomic mass is 32.2. The lowest BCUT2D eigenvalue weighted by molar-refractivity contribution is 0.0903. The zero-order chi connectivity index (χ0) is 19.6. The molecular formula is C19H21NO6S. The topological polar surface area (TPSA) is 93.1 Å². The van der Waals surface area contributed by atoms with Crippen molar-refractivity contribution in [2.24, 2.45) is 0 Å². The highest BCUT2D eigenvalue weighted by Gasteiger charge is 2.21. The Labute approximate surface area is 158 Å². The molecule has 0 atom stereocenters. The van der Waals surface area contributed by atoms with E-state index in [9.17, 15) is 13.2 Å². The fourth-order valence-corrected chi connectivity index (χ4v) is 3.91. The first-order valence-electron chi connectivity index (χ1n) is 8.36. The van der Waals surface area contributed by atoms with Crippen molar-refractivity contribution in [3.63, 3.8) is 0 Å². The number of benzene rings is 2. The van der Waals surface area contributed by atoms with Crippen LogP contribution in [0.15, 0.2) is 41.3 Å². The van der Waals surface area contributed by atoms with Crippen molar-refractivity contribution >= 4 is 21.3 Å². The van der Waals surface area contributed by atoms with E-state index in [-0.39, 0.29) is 10.7 Å². The van der Waals surface area contributed by atoms with Gasteiger partial charge >= 0.3 is 0 Å². The summed E-state index contributed by atoms with van der Waals surface area (Å²) < 4.78 is 34.9. The molecule has 0 saturated carbocycles. The van der Waals surface area contributed by atoms with Crippen LogP contribution in [0.25, 0.3) is 0 Å². The van der Waals surface area contributed by atoms with Gasteiger partial charge in [0.05, 0.1) is 19.3 Å². The number of carbonyl (C=O) groups excluding carboxylic acids is 1. The van der Waals surface area contributed by atoms with Crippen LogP contribution in [0.1, 0.15) is 15.9 Å². The molecular weight excluding hydrogens is 370 g/mol. The fourth-order valence-electron chi connectivity index (χ4n) is 3.03. The van der Waals surface area contributed by atoms with Gasteiger partial charge in [-0.15, -0.1) is 0 Å². The van der Waals surface area contributed by atoms with Crippen molar-refractivity contribution in [2.75, 3.05) is 38.0 Å². The third-order valence-corrected chi connectivity index (χ3v) is 5.50. The van der Waals surface area contributed by atoms with Crippen molar-refractivity contribution in [3.8, 4) is 11.5 Å². The number of anilines is 1. The van der Waals surface area contributed by atoms with Crippen LogP contribution in [-0.4, -0.2) is 52.4 Å². The van der Waals surface area contributed by atoms with Crippen LogP contribution in [0.5, 0.6) is 11.5 Å². The summed E-state index contributed by atoms with van der Waals surface area (Å²) in [6.07, 6.45) is 1.14. The molecule has 0 aliphatic carbocycles. The standard InChI is InChI=1S/C19H21NO6S/c1-25-18-5-3-13(9-19(18)27(2,23)24)11-20-7-8-26-17-6-4-14(10-15(17)20)16(22)12-21/h3-6,9-10,21H,7-8,11-12H2,1-2H3. The molecule has 0 saturated heterocycles. The van der Waals surface area contributed by atoms with E-state index in [0.717, 1.165) is 17.5 Å². The average molecular weight is 391 g/mol. The van der Waals surface area contributed by atoms with E-state index in [4.69, 9.17) is 14.6 Å². The smallest absolute Gasteiger partial charge is 0.188 e. The van der Waals surface area contributed by atoms with E-state index >= 15 is 0 Å². The maximum absolute atomic E-state index is 12.0. The zero-order valence-electron chi connectivity index (χ0n) is 15.1. The number of carbonyl (C=O) groups is 1. The highest BCUT2D eigenvalue weighted by Crippen LogP contribution is 2.34. The first kappa shape index (κ1) is 19.2.